The van der Waals surface area contributed by atoms with Crippen LogP contribution in [0.25, 0.3) is 0 Å². The third-order valence-electron chi connectivity index (χ3n) is 2.89. The molecule has 0 atom stereocenters. The van der Waals surface area contributed by atoms with E-state index in [1.165, 1.54) is 12.8 Å². The predicted octanol–water partition coefficient (Wildman–Crippen LogP) is 0.818. The van der Waals surface area contributed by atoms with Crippen molar-refractivity contribution in [2.24, 2.45) is 11.7 Å². The second-order valence-electron chi connectivity index (χ2n) is 5.11. The number of aliphatic hydroxyl groups is 1. The minimum absolute atomic E-state index is 0.555. The zero-order valence-corrected chi connectivity index (χ0v) is 9.50. The molecule has 0 radical (unpaired) electrons. The van der Waals surface area contributed by atoms with Crippen molar-refractivity contribution in [1.29, 1.82) is 0 Å². The van der Waals surface area contributed by atoms with Gasteiger partial charge in [0.25, 0.3) is 0 Å². The fourth-order valence-corrected chi connectivity index (χ4v) is 2.22. The van der Waals surface area contributed by atoms with Crippen LogP contribution in [0, 0.1) is 5.92 Å². The summed E-state index contributed by atoms with van der Waals surface area (Å²) >= 11 is 0. The van der Waals surface area contributed by atoms with Crippen LogP contribution < -0.4 is 5.73 Å². The lowest BCUT2D eigenvalue weighted by Crippen LogP contribution is -2.43. The number of hydrogen-bond donors (Lipinski definition) is 2. The van der Waals surface area contributed by atoms with E-state index < -0.39 is 5.60 Å². The van der Waals surface area contributed by atoms with Crippen LogP contribution in [0.1, 0.15) is 33.1 Å². The van der Waals surface area contributed by atoms with E-state index in [4.69, 9.17) is 5.73 Å². The van der Waals surface area contributed by atoms with Crippen LogP contribution in [-0.4, -0.2) is 41.8 Å². The summed E-state index contributed by atoms with van der Waals surface area (Å²) in [5.74, 6) is 0.818. The molecule has 0 spiro atoms. The smallest absolute Gasteiger partial charge is 0.0718 e. The summed E-state index contributed by atoms with van der Waals surface area (Å²) in [5, 5.41) is 9.68. The number of piperidine rings is 1. The minimum atomic E-state index is -0.555. The fourth-order valence-electron chi connectivity index (χ4n) is 2.22. The average Bonchev–Trinajstić information content (AvgIpc) is 2.06. The standard InChI is InChI=1S/C11H24N2O/c1-11(2,14)9-13-7-4-10(3-6-12)5-8-13/h10,14H,3-9,12H2,1-2H3. The van der Waals surface area contributed by atoms with E-state index in [0.717, 1.165) is 38.5 Å². The molecule has 0 unspecified atom stereocenters. The Morgan fingerprint density at radius 2 is 1.93 bits per heavy atom. The van der Waals surface area contributed by atoms with Crippen molar-refractivity contribution in [2.45, 2.75) is 38.7 Å². The van der Waals surface area contributed by atoms with Crippen molar-refractivity contribution in [3.63, 3.8) is 0 Å². The molecule has 3 heteroatoms. The molecule has 0 amide bonds. The SMILES string of the molecule is CC(C)(O)CN1CCC(CCN)CC1. The molecule has 3 N–H and O–H groups in total. The third-order valence-corrected chi connectivity index (χ3v) is 2.89. The highest BCUT2D eigenvalue weighted by Crippen LogP contribution is 2.20. The molecule has 3 nitrogen and oxygen atoms in total. The zero-order valence-electron chi connectivity index (χ0n) is 9.50. The highest BCUT2D eigenvalue weighted by atomic mass is 16.3. The van der Waals surface area contributed by atoms with Crippen LogP contribution in [0.4, 0.5) is 0 Å². The van der Waals surface area contributed by atoms with Crippen molar-refractivity contribution in [3.05, 3.63) is 0 Å². The maximum Gasteiger partial charge on any atom is 0.0718 e. The van der Waals surface area contributed by atoms with Gasteiger partial charge in [-0.05, 0) is 58.7 Å². The molecule has 1 aliphatic rings. The average molecular weight is 200 g/mol. The first kappa shape index (κ1) is 12.0. The van der Waals surface area contributed by atoms with Crippen LogP contribution in [0.2, 0.25) is 0 Å². The summed E-state index contributed by atoms with van der Waals surface area (Å²) in [6.07, 6.45) is 3.65. The number of likely N-dealkylation sites (tertiary alicyclic amines) is 1. The van der Waals surface area contributed by atoms with Crippen LogP contribution in [0.3, 0.4) is 0 Å². The van der Waals surface area contributed by atoms with Crippen molar-refractivity contribution >= 4 is 0 Å². The normalized spacial score (nSPS) is 21.4. The molecule has 0 aromatic rings. The molecule has 84 valence electrons. The number of hydrogen-bond acceptors (Lipinski definition) is 3. The topological polar surface area (TPSA) is 49.5 Å². The molecule has 1 fully saturated rings. The molecular weight excluding hydrogens is 176 g/mol. The van der Waals surface area contributed by atoms with Gasteiger partial charge in [0.15, 0.2) is 0 Å². The molecule has 1 saturated heterocycles. The summed E-state index contributed by atoms with van der Waals surface area (Å²) in [7, 11) is 0. The highest BCUT2D eigenvalue weighted by Gasteiger charge is 2.23. The lowest BCUT2D eigenvalue weighted by molar-refractivity contribution is 0.0241. The molecule has 0 bridgehead atoms. The van der Waals surface area contributed by atoms with Gasteiger partial charge in [-0.3, -0.25) is 0 Å². The van der Waals surface area contributed by atoms with Gasteiger partial charge in [0.05, 0.1) is 5.60 Å². The Balaban J connectivity index is 2.22. The van der Waals surface area contributed by atoms with Crippen LogP contribution in [0.5, 0.6) is 0 Å². The van der Waals surface area contributed by atoms with Gasteiger partial charge in [-0.15, -0.1) is 0 Å². The number of nitrogens with zero attached hydrogens (tertiary/aromatic N) is 1. The van der Waals surface area contributed by atoms with Gasteiger partial charge in [0.1, 0.15) is 0 Å². The first-order valence-electron chi connectivity index (χ1n) is 5.66. The van der Waals surface area contributed by atoms with Gasteiger partial charge in [-0.1, -0.05) is 0 Å². The first-order valence-corrected chi connectivity index (χ1v) is 5.66. The Labute approximate surface area is 87.3 Å². The second-order valence-corrected chi connectivity index (χ2v) is 5.11. The first-order chi connectivity index (χ1) is 6.51. The maximum atomic E-state index is 9.68. The Bertz CT molecular complexity index is 157. The van der Waals surface area contributed by atoms with Gasteiger partial charge < -0.3 is 15.7 Å². The Kier molecular flexibility index (Phi) is 4.35. The quantitative estimate of drug-likeness (QED) is 0.706. The number of nitrogens with two attached hydrogens (primary N) is 1. The lowest BCUT2D eigenvalue weighted by atomic mass is 9.93. The van der Waals surface area contributed by atoms with E-state index in [9.17, 15) is 5.11 Å². The van der Waals surface area contributed by atoms with Crippen molar-refractivity contribution in [3.8, 4) is 0 Å². The van der Waals surface area contributed by atoms with Crippen molar-refractivity contribution in [2.75, 3.05) is 26.2 Å². The second kappa shape index (κ2) is 5.10. The third kappa shape index (κ3) is 4.40. The number of rotatable bonds is 4. The Hall–Kier alpha value is -0.120. The minimum Gasteiger partial charge on any atom is -0.389 e. The molecule has 14 heavy (non-hydrogen) atoms. The van der Waals surface area contributed by atoms with E-state index in [1.807, 2.05) is 13.8 Å². The predicted molar refractivity (Wildman–Crippen MR) is 59.1 cm³/mol. The van der Waals surface area contributed by atoms with Gasteiger partial charge in [0, 0.05) is 6.54 Å². The molecule has 1 rings (SSSR count). The van der Waals surface area contributed by atoms with E-state index in [0.29, 0.717) is 0 Å². The highest BCUT2D eigenvalue weighted by molar-refractivity contribution is 4.77. The van der Waals surface area contributed by atoms with E-state index >= 15 is 0 Å². The molecule has 0 aliphatic carbocycles. The summed E-state index contributed by atoms with van der Waals surface area (Å²) in [5.41, 5.74) is 4.99. The molecule has 0 aromatic carbocycles. The summed E-state index contributed by atoms with van der Waals surface area (Å²) in [4.78, 5) is 2.35. The van der Waals surface area contributed by atoms with Gasteiger partial charge in [0.2, 0.25) is 0 Å². The molecule has 0 aromatic heterocycles. The van der Waals surface area contributed by atoms with Crippen LogP contribution in [0.15, 0.2) is 0 Å². The van der Waals surface area contributed by atoms with Crippen LogP contribution >= 0.6 is 0 Å². The largest absolute Gasteiger partial charge is 0.389 e. The van der Waals surface area contributed by atoms with Crippen LogP contribution in [-0.2, 0) is 0 Å². The summed E-state index contributed by atoms with van der Waals surface area (Å²) in [6, 6.07) is 0. The van der Waals surface area contributed by atoms with Gasteiger partial charge in [-0.2, -0.15) is 0 Å². The Morgan fingerprint density at radius 1 is 1.36 bits per heavy atom. The molecule has 0 saturated carbocycles. The van der Waals surface area contributed by atoms with Gasteiger partial charge in [-0.25, -0.2) is 0 Å². The molecular formula is C11H24N2O. The maximum absolute atomic E-state index is 9.68. The summed E-state index contributed by atoms with van der Waals surface area (Å²) in [6.45, 7) is 7.60. The van der Waals surface area contributed by atoms with E-state index in [1.54, 1.807) is 0 Å². The van der Waals surface area contributed by atoms with Crippen molar-refractivity contribution in [1.82, 2.24) is 4.90 Å². The fraction of sp³-hybridized carbons (Fsp3) is 1.00. The zero-order chi connectivity index (χ0) is 10.6. The number of β-amino-alcohol motifs (C(OH)–C–C–N with tert-alkyl or cyclic N) is 1. The van der Waals surface area contributed by atoms with E-state index in [2.05, 4.69) is 4.90 Å². The van der Waals surface area contributed by atoms with Gasteiger partial charge >= 0.3 is 0 Å². The summed E-state index contributed by atoms with van der Waals surface area (Å²) < 4.78 is 0. The molecule has 1 aliphatic heterocycles. The van der Waals surface area contributed by atoms with Crippen molar-refractivity contribution < 1.29 is 5.11 Å². The lowest BCUT2D eigenvalue weighted by Gasteiger charge is -2.35. The Morgan fingerprint density at radius 3 is 2.36 bits per heavy atom. The van der Waals surface area contributed by atoms with E-state index in [-0.39, 0.29) is 0 Å². The molecule has 1 heterocycles. The monoisotopic (exact) mass is 200 g/mol.